The van der Waals surface area contributed by atoms with Crippen LogP contribution in [0.1, 0.15) is 26.7 Å². The predicted octanol–water partition coefficient (Wildman–Crippen LogP) is 0.480. The SMILES string of the molecule is CC(C)C(=O)NCC1CCCN(CC2(CO)COC2)C1. The minimum Gasteiger partial charge on any atom is -0.396 e. The molecule has 2 aliphatic heterocycles. The third-order valence-electron chi connectivity index (χ3n) is 4.40. The highest BCUT2D eigenvalue weighted by molar-refractivity contribution is 5.77. The normalized spacial score (nSPS) is 26.3. The Balaban J connectivity index is 1.75. The summed E-state index contributed by atoms with van der Waals surface area (Å²) in [6, 6.07) is 0. The van der Waals surface area contributed by atoms with Gasteiger partial charge in [-0.15, -0.1) is 0 Å². The molecule has 5 nitrogen and oxygen atoms in total. The van der Waals surface area contributed by atoms with Gasteiger partial charge in [-0.1, -0.05) is 13.8 Å². The molecule has 2 fully saturated rings. The first-order valence-electron chi connectivity index (χ1n) is 7.73. The molecular formula is C15H28N2O3. The van der Waals surface area contributed by atoms with Gasteiger partial charge in [0.05, 0.1) is 25.2 Å². The fourth-order valence-corrected chi connectivity index (χ4v) is 3.01. The molecule has 0 aliphatic carbocycles. The maximum absolute atomic E-state index is 11.6. The van der Waals surface area contributed by atoms with Crippen LogP contribution in [0.15, 0.2) is 0 Å². The van der Waals surface area contributed by atoms with Crippen LogP contribution < -0.4 is 5.32 Å². The molecule has 1 amide bonds. The van der Waals surface area contributed by atoms with Gasteiger partial charge < -0.3 is 20.1 Å². The minimum absolute atomic E-state index is 0.0386. The topological polar surface area (TPSA) is 61.8 Å². The first-order chi connectivity index (χ1) is 9.54. The number of rotatable bonds is 6. The lowest BCUT2D eigenvalue weighted by Crippen LogP contribution is -2.55. The van der Waals surface area contributed by atoms with Crippen LogP contribution in [0.25, 0.3) is 0 Å². The van der Waals surface area contributed by atoms with Crippen molar-refractivity contribution >= 4 is 5.91 Å². The third kappa shape index (κ3) is 3.93. The molecule has 0 aromatic rings. The van der Waals surface area contributed by atoms with Crippen molar-refractivity contribution in [3.05, 3.63) is 0 Å². The van der Waals surface area contributed by atoms with Crippen LogP contribution in [0.3, 0.4) is 0 Å². The number of likely N-dealkylation sites (tertiary alicyclic amines) is 1. The third-order valence-corrected chi connectivity index (χ3v) is 4.40. The first kappa shape index (κ1) is 15.7. The lowest BCUT2D eigenvalue weighted by molar-refractivity contribution is -0.150. The van der Waals surface area contributed by atoms with Crippen LogP contribution in [-0.4, -0.2) is 61.9 Å². The van der Waals surface area contributed by atoms with Gasteiger partial charge >= 0.3 is 0 Å². The van der Waals surface area contributed by atoms with Gasteiger partial charge in [-0.2, -0.15) is 0 Å². The van der Waals surface area contributed by atoms with Gasteiger partial charge in [0.2, 0.25) is 5.91 Å². The van der Waals surface area contributed by atoms with Gasteiger partial charge in [0.1, 0.15) is 0 Å². The molecule has 2 saturated heterocycles. The Morgan fingerprint density at radius 2 is 2.25 bits per heavy atom. The van der Waals surface area contributed by atoms with E-state index in [9.17, 15) is 9.90 Å². The van der Waals surface area contributed by atoms with E-state index in [1.54, 1.807) is 0 Å². The number of ether oxygens (including phenoxy) is 1. The van der Waals surface area contributed by atoms with Crippen LogP contribution in [0.4, 0.5) is 0 Å². The van der Waals surface area contributed by atoms with E-state index in [0.29, 0.717) is 19.1 Å². The lowest BCUT2D eigenvalue weighted by atomic mass is 9.85. The summed E-state index contributed by atoms with van der Waals surface area (Å²) in [5.74, 6) is 0.726. The fraction of sp³-hybridized carbons (Fsp3) is 0.933. The van der Waals surface area contributed by atoms with E-state index in [2.05, 4.69) is 10.2 Å². The van der Waals surface area contributed by atoms with Crippen LogP contribution in [0.2, 0.25) is 0 Å². The molecule has 2 rings (SSSR count). The second kappa shape index (κ2) is 6.87. The second-order valence-electron chi connectivity index (χ2n) is 6.79. The lowest BCUT2D eigenvalue weighted by Gasteiger charge is -2.45. The van der Waals surface area contributed by atoms with E-state index in [1.807, 2.05) is 13.8 Å². The summed E-state index contributed by atoms with van der Waals surface area (Å²) in [6.45, 7) is 9.20. The van der Waals surface area contributed by atoms with Crippen molar-refractivity contribution in [1.82, 2.24) is 10.2 Å². The highest BCUT2D eigenvalue weighted by atomic mass is 16.5. The average Bonchev–Trinajstić information content (AvgIpc) is 2.40. The van der Waals surface area contributed by atoms with Crippen molar-refractivity contribution in [3.63, 3.8) is 0 Å². The highest BCUT2D eigenvalue weighted by Crippen LogP contribution is 2.29. The molecule has 0 aromatic carbocycles. The minimum atomic E-state index is -0.0386. The largest absolute Gasteiger partial charge is 0.396 e. The van der Waals surface area contributed by atoms with Crippen molar-refractivity contribution < 1.29 is 14.6 Å². The van der Waals surface area contributed by atoms with E-state index in [-0.39, 0.29) is 23.8 Å². The van der Waals surface area contributed by atoms with Crippen LogP contribution in [0.5, 0.6) is 0 Å². The number of piperidine rings is 1. The molecule has 0 radical (unpaired) electrons. The number of hydrogen-bond donors (Lipinski definition) is 2. The first-order valence-corrected chi connectivity index (χ1v) is 7.73. The van der Waals surface area contributed by atoms with Gasteiger partial charge in [-0.05, 0) is 25.3 Å². The second-order valence-corrected chi connectivity index (χ2v) is 6.79. The van der Waals surface area contributed by atoms with Crippen molar-refractivity contribution in [2.75, 3.05) is 46.0 Å². The number of carbonyl (C=O) groups excluding carboxylic acids is 1. The predicted molar refractivity (Wildman–Crippen MR) is 77.3 cm³/mol. The van der Waals surface area contributed by atoms with Gasteiger partial charge in [-0.25, -0.2) is 0 Å². The average molecular weight is 284 g/mol. The summed E-state index contributed by atoms with van der Waals surface area (Å²) < 4.78 is 5.26. The molecule has 116 valence electrons. The summed E-state index contributed by atoms with van der Waals surface area (Å²) >= 11 is 0. The van der Waals surface area contributed by atoms with Crippen molar-refractivity contribution in [2.24, 2.45) is 17.3 Å². The molecule has 2 aliphatic rings. The van der Waals surface area contributed by atoms with Crippen molar-refractivity contribution in [3.8, 4) is 0 Å². The fourth-order valence-electron chi connectivity index (χ4n) is 3.01. The van der Waals surface area contributed by atoms with E-state index >= 15 is 0 Å². The Kier molecular flexibility index (Phi) is 5.41. The van der Waals surface area contributed by atoms with Gasteiger partial charge in [0, 0.05) is 25.6 Å². The summed E-state index contributed by atoms with van der Waals surface area (Å²) in [5.41, 5.74) is -0.0386. The smallest absolute Gasteiger partial charge is 0.222 e. The Morgan fingerprint density at radius 1 is 1.50 bits per heavy atom. The van der Waals surface area contributed by atoms with Crippen LogP contribution in [-0.2, 0) is 9.53 Å². The molecule has 20 heavy (non-hydrogen) atoms. The Bertz CT molecular complexity index is 324. The molecule has 0 bridgehead atoms. The molecule has 2 N–H and O–H groups in total. The number of nitrogens with zero attached hydrogens (tertiary/aromatic N) is 1. The molecule has 1 atom stereocenters. The maximum atomic E-state index is 11.6. The summed E-state index contributed by atoms with van der Waals surface area (Å²) in [7, 11) is 0. The summed E-state index contributed by atoms with van der Waals surface area (Å²) in [5, 5.41) is 12.5. The quantitative estimate of drug-likeness (QED) is 0.745. The van der Waals surface area contributed by atoms with Gasteiger partial charge in [-0.3, -0.25) is 4.79 Å². The number of aliphatic hydroxyl groups is 1. The van der Waals surface area contributed by atoms with Crippen LogP contribution >= 0.6 is 0 Å². The summed E-state index contributed by atoms with van der Waals surface area (Å²) in [4.78, 5) is 14.0. The molecule has 1 unspecified atom stereocenters. The molecular weight excluding hydrogens is 256 g/mol. The van der Waals surface area contributed by atoms with Crippen molar-refractivity contribution in [1.29, 1.82) is 0 Å². The van der Waals surface area contributed by atoms with Crippen molar-refractivity contribution in [2.45, 2.75) is 26.7 Å². The molecule has 0 spiro atoms. The maximum Gasteiger partial charge on any atom is 0.222 e. The molecule has 0 aromatic heterocycles. The van der Waals surface area contributed by atoms with E-state index in [1.165, 1.54) is 12.8 Å². The zero-order chi connectivity index (χ0) is 14.6. The molecule has 5 heteroatoms. The number of carbonyl (C=O) groups is 1. The highest BCUT2D eigenvalue weighted by Gasteiger charge is 2.40. The number of aliphatic hydroxyl groups excluding tert-OH is 1. The monoisotopic (exact) mass is 284 g/mol. The van der Waals surface area contributed by atoms with E-state index < -0.39 is 0 Å². The Morgan fingerprint density at radius 3 is 2.80 bits per heavy atom. The zero-order valence-corrected chi connectivity index (χ0v) is 12.7. The Labute approximate surface area is 121 Å². The zero-order valence-electron chi connectivity index (χ0n) is 12.7. The van der Waals surface area contributed by atoms with E-state index in [0.717, 1.165) is 26.2 Å². The standard InChI is InChI=1S/C15H28N2O3/c1-12(2)14(19)16-6-13-4-3-5-17(7-13)8-15(9-18)10-20-11-15/h12-13,18H,3-11H2,1-2H3,(H,16,19). The Hall–Kier alpha value is -0.650. The van der Waals surface area contributed by atoms with Crippen LogP contribution in [0, 0.1) is 17.3 Å². The van der Waals surface area contributed by atoms with Gasteiger partial charge in [0.15, 0.2) is 0 Å². The van der Waals surface area contributed by atoms with Gasteiger partial charge in [0.25, 0.3) is 0 Å². The number of amides is 1. The molecule has 0 saturated carbocycles. The van der Waals surface area contributed by atoms with E-state index in [4.69, 9.17) is 4.74 Å². The number of hydrogen-bond acceptors (Lipinski definition) is 4. The molecule has 2 heterocycles. The number of nitrogens with one attached hydrogen (secondary N) is 1. The summed E-state index contributed by atoms with van der Waals surface area (Å²) in [6.07, 6.45) is 2.35.